The standard InChI is InChI=1S/C25H28N4O/c1-19-24(18-28-15-5-4-10-21(28)13-17-29-16-7-14-26-29)27-25(30-19)23-12-6-9-20-8-2-3-11-22(20)23/h2-3,6-9,11-12,14,16,21H,4-5,10,13,15,17-18H2,1H3/t21-/m1/s1. The fourth-order valence-corrected chi connectivity index (χ4v) is 4.60. The molecule has 0 bridgehead atoms. The molecule has 0 unspecified atom stereocenters. The number of nitrogens with zero attached hydrogens (tertiary/aromatic N) is 4. The predicted molar refractivity (Wildman–Crippen MR) is 119 cm³/mol. The van der Waals surface area contributed by atoms with E-state index in [1.165, 1.54) is 30.0 Å². The van der Waals surface area contributed by atoms with Gasteiger partial charge in [0, 0.05) is 37.1 Å². The van der Waals surface area contributed by atoms with Gasteiger partial charge in [-0.3, -0.25) is 9.58 Å². The first-order valence-corrected chi connectivity index (χ1v) is 10.9. The van der Waals surface area contributed by atoms with Crippen LogP contribution < -0.4 is 0 Å². The first-order valence-electron chi connectivity index (χ1n) is 10.9. The predicted octanol–water partition coefficient (Wildman–Crippen LogP) is 5.44. The Bertz CT molecular complexity index is 1110. The molecule has 4 aromatic rings. The molecule has 5 heteroatoms. The lowest BCUT2D eigenvalue weighted by atomic mass is 9.99. The number of hydrogen-bond acceptors (Lipinski definition) is 4. The maximum Gasteiger partial charge on any atom is 0.227 e. The summed E-state index contributed by atoms with van der Waals surface area (Å²) in [4.78, 5) is 7.53. The van der Waals surface area contributed by atoms with Gasteiger partial charge in [0.05, 0.1) is 5.69 Å². The molecule has 1 aliphatic rings. The van der Waals surface area contributed by atoms with Gasteiger partial charge in [0.15, 0.2) is 0 Å². The molecular weight excluding hydrogens is 372 g/mol. The van der Waals surface area contributed by atoms with Gasteiger partial charge in [0.1, 0.15) is 5.76 Å². The van der Waals surface area contributed by atoms with E-state index in [4.69, 9.17) is 9.40 Å². The first-order chi connectivity index (χ1) is 14.8. The number of fused-ring (bicyclic) bond motifs is 1. The van der Waals surface area contributed by atoms with Gasteiger partial charge in [-0.2, -0.15) is 5.10 Å². The third-order valence-corrected chi connectivity index (χ3v) is 6.27. The van der Waals surface area contributed by atoms with Gasteiger partial charge in [-0.1, -0.05) is 42.8 Å². The highest BCUT2D eigenvalue weighted by Crippen LogP contribution is 2.30. The molecule has 154 valence electrons. The molecule has 2 aromatic carbocycles. The summed E-state index contributed by atoms with van der Waals surface area (Å²) in [6.45, 7) is 4.98. The lowest BCUT2D eigenvalue weighted by Gasteiger charge is -2.35. The largest absolute Gasteiger partial charge is 0.441 e. The van der Waals surface area contributed by atoms with Crippen LogP contribution >= 0.6 is 0 Å². The monoisotopic (exact) mass is 400 g/mol. The minimum atomic E-state index is 0.569. The molecule has 0 aliphatic carbocycles. The van der Waals surface area contributed by atoms with Crippen LogP contribution in [0.4, 0.5) is 0 Å². The van der Waals surface area contributed by atoms with Gasteiger partial charge in [-0.15, -0.1) is 0 Å². The Morgan fingerprint density at radius 1 is 1.07 bits per heavy atom. The summed E-state index contributed by atoms with van der Waals surface area (Å²) < 4.78 is 8.19. The van der Waals surface area contributed by atoms with Crippen LogP contribution in [0.5, 0.6) is 0 Å². The maximum absolute atomic E-state index is 6.15. The van der Waals surface area contributed by atoms with E-state index in [1.54, 1.807) is 0 Å². The number of likely N-dealkylation sites (tertiary alicyclic amines) is 1. The van der Waals surface area contributed by atoms with Gasteiger partial charge in [-0.25, -0.2) is 4.98 Å². The summed E-state index contributed by atoms with van der Waals surface area (Å²) in [6.07, 6.45) is 8.82. The SMILES string of the molecule is Cc1oc(-c2cccc3ccccc23)nc1CN1CCCC[C@@H]1CCn1cccn1. The normalized spacial score (nSPS) is 17.6. The maximum atomic E-state index is 6.15. The van der Waals surface area contributed by atoms with Crippen molar-refractivity contribution in [2.24, 2.45) is 0 Å². The van der Waals surface area contributed by atoms with Crippen LogP contribution in [0.3, 0.4) is 0 Å². The average Bonchev–Trinajstić information content (AvgIpc) is 3.43. The quantitative estimate of drug-likeness (QED) is 0.432. The molecule has 30 heavy (non-hydrogen) atoms. The fraction of sp³-hybridized carbons (Fsp3) is 0.360. The number of benzene rings is 2. The van der Waals surface area contributed by atoms with Crippen molar-refractivity contribution in [1.82, 2.24) is 19.7 Å². The molecule has 0 spiro atoms. The van der Waals surface area contributed by atoms with E-state index < -0.39 is 0 Å². The van der Waals surface area contributed by atoms with Crippen LogP contribution in [0.25, 0.3) is 22.2 Å². The van der Waals surface area contributed by atoms with Gasteiger partial charge < -0.3 is 4.42 Å². The summed E-state index contributed by atoms with van der Waals surface area (Å²) >= 11 is 0. The molecule has 3 heterocycles. The Morgan fingerprint density at radius 3 is 2.87 bits per heavy atom. The minimum Gasteiger partial charge on any atom is -0.441 e. The Labute approximate surface area is 177 Å². The van der Waals surface area contributed by atoms with Gasteiger partial charge in [0.2, 0.25) is 5.89 Å². The van der Waals surface area contributed by atoms with E-state index in [-0.39, 0.29) is 0 Å². The van der Waals surface area contributed by atoms with Crippen LogP contribution in [0.15, 0.2) is 65.3 Å². The van der Waals surface area contributed by atoms with Crippen molar-refractivity contribution in [2.45, 2.75) is 51.7 Å². The number of piperidine rings is 1. The molecule has 5 nitrogen and oxygen atoms in total. The van der Waals surface area contributed by atoms with Crippen LogP contribution in [-0.4, -0.2) is 32.3 Å². The number of rotatable bonds is 6. The first kappa shape index (κ1) is 19.1. The van der Waals surface area contributed by atoms with Gasteiger partial charge in [0.25, 0.3) is 0 Å². The molecule has 1 saturated heterocycles. The molecule has 0 saturated carbocycles. The molecular formula is C25H28N4O. The van der Waals surface area contributed by atoms with E-state index >= 15 is 0 Å². The molecule has 5 rings (SSSR count). The highest BCUT2D eigenvalue weighted by Gasteiger charge is 2.25. The second kappa shape index (κ2) is 8.44. The van der Waals surface area contributed by atoms with Crippen LogP contribution in [0.2, 0.25) is 0 Å². The second-order valence-electron chi connectivity index (χ2n) is 8.23. The molecule has 2 aromatic heterocycles. The molecule has 0 amide bonds. The van der Waals surface area contributed by atoms with Crippen molar-refractivity contribution in [2.75, 3.05) is 6.54 Å². The molecule has 1 atom stereocenters. The van der Waals surface area contributed by atoms with Gasteiger partial charge >= 0.3 is 0 Å². The van der Waals surface area contributed by atoms with Crippen LogP contribution in [0.1, 0.15) is 37.1 Å². The van der Waals surface area contributed by atoms with Crippen molar-refractivity contribution in [1.29, 1.82) is 0 Å². The zero-order chi connectivity index (χ0) is 20.3. The number of hydrogen-bond donors (Lipinski definition) is 0. The molecule has 1 fully saturated rings. The summed E-state index contributed by atoms with van der Waals surface area (Å²) in [5.74, 6) is 1.65. The van der Waals surface area contributed by atoms with Crippen molar-refractivity contribution < 1.29 is 4.42 Å². The zero-order valence-corrected chi connectivity index (χ0v) is 17.5. The van der Waals surface area contributed by atoms with Crippen molar-refractivity contribution in [3.63, 3.8) is 0 Å². The van der Waals surface area contributed by atoms with E-state index in [0.717, 1.165) is 49.0 Å². The lowest BCUT2D eigenvalue weighted by Crippen LogP contribution is -2.39. The van der Waals surface area contributed by atoms with Crippen molar-refractivity contribution in [3.8, 4) is 11.5 Å². The van der Waals surface area contributed by atoms with Gasteiger partial charge in [-0.05, 0) is 55.6 Å². The summed E-state index contributed by atoms with van der Waals surface area (Å²) in [7, 11) is 0. The summed E-state index contributed by atoms with van der Waals surface area (Å²) in [6, 6.07) is 17.3. The van der Waals surface area contributed by atoms with Crippen LogP contribution in [0, 0.1) is 6.92 Å². The molecule has 1 aliphatic heterocycles. The average molecular weight is 401 g/mol. The molecule has 0 N–H and O–H groups in total. The highest BCUT2D eigenvalue weighted by atomic mass is 16.4. The fourth-order valence-electron chi connectivity index (χ4n) is 4.60. The topological polar surface area (TPSA) is 47.1 Å². The van der Waals surface area contributed by atoms with E-state index in [2.05, 4.69) is 52.5 Å². The smallest absolute Gasteiger partial charge is 0.227 e. The van der Waals surface area contributed by atoms with Crippen LogP contribution in [-0.2, 0) is 13.1 Å². The minimum absolute atomic E-state index is 0.569. The number of oxazole rings is 1. The Balaban J connectivity index is 1.36. The lowest BCUT2D eigenvalue weighted by molar-refractivity contribution is 0.125. The van der Waals surface area contributed by atoms with E-state index in [9.17, 15) is 0 Å². The highest BCUT2D eigenvalue weighted by molar-refractivity contribution is 5.94. The Hall–Kier alpha value is -2.92. The zero-order valence-electron chi connectivity index (χ0n) is 17.5. The third-order valence-electron chi connectivity index (χ3n) is 6.27. The van der Waals surface area contributed by atoms with E-state index in [0.29, 0.717) is 6.04 Å². The van der Waals surface area contributed by atoms with E-state index in [1.807, 2.05) is 30.1 Å². The van der Waals surface area contributed by atoms with Crippen molar-refractivity contribution in [3.05, 3.63) is 72.4 Å². The number of aryl methyl sites for hydroxylation is 2. The second-order valence-corrected chi connectivity index (χ2v) is 8.23. The Kier molecular flexibility index (Phi) is 5.37. The third kappa shape index (κ3) is 3.90. The summed E-state index contributed by atoms with van der Waals surface area (Å²) in [5.41, 5.74) is 2.13. The summed E-state index contributed by atoms with van der Waals surface area (Å²) in [5, 5.41) is 6.75. The van der Waals surface area contributed by atoms with Crippen molar-refractivity contribution >= 4 is 10.8 Å². The molecule has 0 radical (unpaired) electrons. The Morgan fingerprint density at radius 2 is 1.97 bits per heavy atom. The number of aromatic nitrogens is 3.